The molecule has 1 saturated carbocycles. The highest BCUT2D eigenvalue weighted by molar-refractivity contribution is 5.69. The topological polar surface area (TPSA) is 102 Å². The molecular weight excluding hydrogens is 360 g/mol. The van der Waals surface area contributed by atoms with Crippen molar-refractivity contribution >= 4 is 12.0 Å². The summed E-state index contributed by atoms with van der Waals surface area (Å²) in [5.74, 6) is 1.18. The Morgan fingerprint density at radius 3 is 2.57 bits per heavy atom. The summed E-state index contributed by atoms with van der Waals surface area (Å²) in [5, 5.41) is 3.37. The van der Waals surface area contributed by atoms with Crippen LogP contribution in [0.1, 0.15) is 20.8 Å². The van der Waals surface area contributed by atoms with Crippen LogP contribution in [0.5, 0.6) is 0 Å². The maximum Gasteiger partial charge on any atom is 0.410 e. The largest absolute Gasteiger partial charge is 0.444 e. The van der Waals surface area contributed by atoms with E-state index in [1.165, 1.54) is 17.0 Å². The van der Waals surface area contributed by atoms with Crippen LogP contribution in [0.3, 0.4) is 0 Å². The molecule has 2 unspecified atom stereocenters. The van der Waals surface area contributed by atoms with Gasteiger partial charge in [0.2, 0.25) is 5.95 Å². The number of anilines is 1. The van der Waals surface area contributed by atoms with Gasteiger partial charge in [-0.2, -0.15) is 0 Å². The number of nitrogens with zero attached hydrogens (tertiary/aromatic N) is 5. The number of nitrogens with one attached hydrogen (secondary N) is 1. The number of aromatic nitrogens is 4. The van der Waals surface area contributed by atoms with Crippen LogP contribution in [0.2, 0.25) is 0 Å². The van der Waals surface area contributed by atoms with E-state index in [2.05, 4.69) is 20.3 Å². The van der Waals surface area contributed by atoms with Crippen molar-refractivity contribution in [2.24, 2.45) is 18.9 Å². The van der Waals surface area contributed by atoms with E-state index in [4.69, 9.17) is 4.74 Å². The lowest BCUT2D eigenvalue weighted by Gasteiger charge is -2.26. The minimum absolute atomic E-state index is 0.160. The standard InChI is InChI=1S/C19H24N6O3/c1-19(2,3)28-18(27)25-8-11-12(9-25)16(11)23-17-22-14(7-15(26)24(17)4)13-5-6-20-10-21-13/h5-7,10-12,16H,8-9H2,1-4H3,(H,22,23). The van der Waals surface area contributed by atoms with Gasteiger partial charge in [-0.25, -0.2) is 19.7 Å². The Morgan fingerprint density at radius 2 is 1.96 bits per heavy atom. The van der Waals surface area contributed by atoms with E-state index in [1.807, 2.05) is 20.8 Å². The van der Waals surface area contributed by atoms with E-state index < -0.39 is 5.60 Å². The molecule has 1 saturated heterocycles. The van der Waals surface area contributed by atoms with Crippen molar-refractivity contribution in [1.29, 1.82) is 0 Å². The zero-order chi connectivity index (χ0) is 20.1. The van der Waals surface area contributed by atoms with Crippen molar-refractivity contribution in [2.45, 2.75) is 32.4 Å². The van der Waals surface area contributed by atoms with Gasteiger partial charge in [0.15, 0.2) is 0 Å². The molecule has 1 aliphatic carbocycles. The molecule has 1 aliphatic heterocycles. The molecule has 0 bridgehead atoms. The second-order valence-corrected chi connectivity index (χ2v) is 8.34. The molecular formula is C19H24N6O3. The number of carbonyl (C=O) groups is 1. The molecule has 1 N–H and O–H groups in total. The van der Waals surface area contributed by atoms with Crippen LogP contribution < -0.4 is 10.9 Å². The normalized spacial score (nSPS) is 23.3. The average molecular weight is 384 g/mol. The lowest BCUT2D eigenvalue weighted by atomic mass is 10.2. The zero-order valence-electron chi connectivity index (χ0n) is 16.4. The second kappa shape index (κ2) is 6.57. The lowest BCUT2D eigenvalue weighted by Crippen LogP contribution is -2.38. The number of rotatable bonds is 3. The number of likely N-dealkylation sites (tertiary alicyclic amines) is 1. The van der Waals surface area contributed by atoms with Crippen LogP contribution in [-0.4, -0.2) is 55.2 Å². The predicted molar refractivity (Wildman–Crippen MR) is 103 cm³/mol. The first-order chi connectivity index (χ1) is 13.2. The fourth-order valence-electron chi connectivity index (χ4n) is 3.61. The summed E-state index contributed by atoms with van der Waals surface area (Å²) in [7, 11) is 1.69. The quantitative estimate of drug-likeness (QED) is 0.856. The van der Waals surface area contributed by atoms with Gasteiger partial charge in [0.1, 0.15) is 11.9 Å². The van der Waals surface area contributed by atoms with Crippen LogP contribution in [0.4, 0.5) is 10.7 Å². The molecule has 148 valence electrons. The number of amides is 1. The van der Waals surface area contributed by atoms with Crippen molar-refractivity contribution in [3.05, 3.63) is 35.0 Å². The number of fused-ring (bicyclic) bond motifs is 1. The highest BCUT2D eigenvalue weighted by Gasteiger charge is 2.57. The molecule has 0 spiro atoms. The fraction of sp³-hybridized carbons (Fsp3) is 0.526. The number of carbonyl (C=O) groups excluding carboxylic acids is 1. The highest BCUT2D eigenvalue weighted by atomic mass is 16.6. The molecule has 2 aliphatic rings. The molecule has 2 atom stereocenters. The Hall–Kier alpha value is -2.97. The van der Waals surface area contributed by atoms with Crippen molar-refractivity contribution in [1.82, 2.24) is 24.4 Å². The molecule has 3 heterocycles. The van der Waals surface area contributed by atoms with E-state index in [-0.39, 0.29) is 17.7 Å². The van der Waals surface area contributed by atoms with E-state index >= 15 is 0 Å². The van der Waals surface area contributed by atoms with Gasteiger partial charge >= 0.3 is 6.09 Å². The molecule has 28 heavy (non-hydrogen) atoms. The maximum atomic E-state index is 12.3. The molecule has 9 heteroatoms. The first kappa shape index (κ1) is 18.4. The van der Waals surface area contributed by atoms with E-state index in [1.54, 1.807) is 24.2 Å². The summed E-state index contributed by atoms with van der Waals surface area (Å²) in [6.07, 6.45) is 2.78. The first-order valence-electron chi connectivity index (χ1n) is 9.32. The monoisotopic (exact) mass is 384 g/mol. The molecule has 2 fully saturated rings. The summed E-state index contributed by atoms with van der Waals surface area (Å²) in [4.78, 5) is 38.9. The summed E-state index contributed by atoms with van der Waals surface area (Å²) in [6, 6.07) is 3.37. The third-order valence-electron chi connectivity index (χ3n) is 5.12. The van der Waals surface area contributed by atoms with Gasteiger partial charge in [-0.3, -0.25) is 9.36 Å². The molecule has 0 aromatic carbocycles. The van der Waals surface area contributed by atoms with Gasteiger partial charge in [-0.15, -0.1) is 0 Å². The molecule has 0 radical (unpaired) electrons. The van der Waals surface area contributed by atoms with Crippen LogP contribution in [-0.2, 0) is 11.8 Å². The van der Waals surface area contributed by atoms with Gasteiger partial charge in [-0.05, 0) is 26.8 Å². The van der Waals surface area contributed by atoms with Crippen molar-refractivity contribution in [2.75, 3.05) is 18.4 Å². The van der Waals surface area contributed by atoms with Crippen LogP contribution in [0, 0.1) is 11.8 Å². The minimum atomic E-state index is -0.495. The maximum absolute atomic E-state index is 12.3. The van der Waals surface area contributed by atoms with Crippen molar-refractivity contribution in [3.8, 4) is 11.4 Å². The number of hydrogen-bond acceptors (Lipinski definition) is 7. The number of hydrogen-bond donors (Lipinski definition) is 1. The van der Waals surface area contributed by atoms with E-state index in [9.17, 15) is 9.59 Å². The third kappa shape index (κ3) is 3.56. The summed E-state index contributed by atoms with van der Waals surface area (Å²) < 4.78 is 6.93. The van der Waals surface area contributed by atoms with Crippen molar-refractivity contribution < 1.29 is 9.53 Å². The smallest absolute Gasteiger partial charge is 0.410 e. The minimum Gasteiger partial charge on any atom is -0.444 e. The predicted octanol–water partition coefficient (Wildman–Crippen LogP) is 1.51. The molecule has 2 aromatic rings. The van der Waals surface area contributed by atoms with Crippen molar-refractivity contribution in [3.63, 3.8) is 0 Å². The van der Waals surface area contributed by atoms with E-state index in [0.29, 0.717) is 42.3 Å². The van der Waals surface area contributed by atoms with Crippen LogP contribution in [0.15, 0.2) is 29.5 Å². The SMILES string of the molecule is Cn1c(NC2C3CN(C(=O)OC(C)(C)C)CC32)nc(-c2ccncn2)cc1=O. The number of piperidine rings is 1. The van der Waals surface area contributed by atoms with Crippen LogP contribution >= 0.6 is 0 Å². The average Bonchev–Trinajstić information content (AvgIpc) is 3.07. The van der Waals surface area contributed by atoms with Gasteiger partial charge in [0.05, 0.1) is 11.4 Å². The van der Waals surface area contributed by atoms with Gasteiger partial charge in [-0.1, -0.05) is 0 Å². The Kier molecular flexibility index (Phi) is 4.32. The third-order valence-corrected chi connectivity index (χ3v) is 5.12. The molecule has 1 amide bonds. The van der Waals surface area contributed by atoms with Gasteiger partial charge in [0.25, 0.3) is 5.56 Å². The van der Waals surface area contributed by atoms with Gasteiger partial charge in [0, 0.05) is 50.3 Å². The Bertz CT molecular complexity index is 940. The fourth-order valence-corrected chi connectivity index (χ4v) is 3.61. The lowest BCUT2D eigenvalue weighted by molar-refractivity contribution is 0.0272. The second-order valence-electron chi connectivity index (χ2n) is 8.34. The Labute approximate surface area is 162 Å². The molecule has 9 nitrogen and oxygen atoms in total. The zero-order valence-corrected chi connectivity index (χ0v) is 16.4. The first-order valence-corrected chi connectivity index (χ1v) is 9.32. The summed E-state index contributed by atoms with van der Waals surface area (Å²) in [6.45, 7) is 6.89. The molecule has 4 rings (SSSR count). The molecule has 2 aromatic heterocycles. The summed E-state index contributed by atoms with van der Waals surface area (Å²) >= 11 is 0. The van der Waals surface area contributed by atoms with E-state index in [0.717, 1.165) is 0 Å². The Morgan fingerprint density at radius 1 is 1.25 bits per heavy atom. The van der Waals surface area contributed by atoms with Crippen LogP contribution in [0.25, 0.3) is 11.4 Å². The summed E-state index contributed by atoms with van der Waals surface area (Å²) in [5.41, 5.74) is 0.454. The Balaban J connectivity index is 1.44. The highest BCUT2D eigenvalue weighted by Crippen LogP contribution is 2.47. The van der Waals surface area contributed by atoms with Gasteiger partial charge < -0.3 is 15.0 Å². The number of ether oxygens (including phenoxy) is 1.